The van der Waals surface area contributed by atoms with Crippen LogP contribution in [0.15, 0.2) is 30.3 Å². The van der Waals surface area contributed by atoms with Crippen molar-refractivity contribution in [3.63, 3.8) is 0 Å². The maximum atomic E-state index is 11.9. The van der Waals surface area contributed by atoms with E-state index in [1.165, 1.54) is 0 Å². The molecule has 2 amide bonds. The molecule has 0 fully saturated rings. The van der Waals surface area contributed by atoms with E-state index >= 15 is 0 Å². The van der Waals surface area contributed by atoms with Crippen molar-refractivity contribution < 1.29 is 19.5 Å². The van der Waals surface area contributed by atoms with Gasteiger partial charge in [0.05, 0.1) is 0 Å². The fourth-order valence-corrected chi connectivity index (χ4v) is 1.88. The van der Waals surface area contributed by atoms with Crippen LogP contribution >= 0.6 is 0 Å². The lowest BCUT2D eigenvalue weighted by molar-refractivity contribution is -0.142. The van der Waals surface area contributed by atoms with Crippen LogP contribution in [0.25, 0.3) is 0 Å². The van der Waals surface area contributed by atoms with E-state index in [4.69, 9.17) is 0 Å². The standard InChI is InChI=1S/C17H24N2O4/c1-17(2,3)16(23)18-11-7-10-13(20)19-14(15(21)22)12-8-5-4-6-9-12/h4-6,8-9,14H,7,10-11H2,1-3H3,(H,18,23)(H,19,20)(H,21,22)/t14-/m1/s1. The second kappa shape index (κ2) is 8.31. The first-order chi connectivity index (χ1) is 10.7. The summed E-state index contributed by atoms with van der Waals surface area (Å²) < 4.78 is 0. The summed E-state index contributed by atoms with van der Waals surface area (Å²) in [7, 11) is 0. The number of aliphatic carboxylic acids is 1. The van der Waals surface area contributed by atoms with Crippen LogP contribution in [0.5, 0.6) is 0 Å². The van der Waals surface area contributed by atoms with Gasteiger partial charge in [-0.15, -0.1) is 0 Å². The van der Waals surface area contributed by atoms with Crippen LogP contribution in [0.1, 0.15) is 45.2 Å². The number of carbonyl (C=O) groups excluding carboxylic acids is 2. The van der Waals surface area contributed by atoms with E-state index in [2.05, 4.69) is 10.6 Å². The van der Waals surface area contributed by atoms with Gasteiger partial charge in [0, 0.05) is 18.4 Å². The van der Waals surface area contributed by atoms with Crippen molar-refractivity contribution in [1.29, 1.82) is 0 Å². The van der Waals surface area contributed by atoms with Gasteiger partial charge in [-0.3, -0.25) is 9.59 Å². The smallest absolute Gasteiger partial charge is 0.330 e. The number of nitrogens with one attached hydrogen (secondary N) is 2. The van der Waals surface area contributed by atoms with Gasteiger partial charge < -0.3 is 15.7 Å². The summed E-state index contributed by atoms with van der Waals surface area (Å²) >= 11 is 0. The third-order valence-corrected chi connectivity index (χ3v) is 3.23. The van der Waals surface area contributed by atoms with Crippen molar-refractivity contribution in [3.05, 3.63) is 35.9 Å². The molecule has 1 rings (SSSR count). The number of rotatable bonds is 7. The lowest BCUT2D eigenvalue weighted by atomic mass is 9.96. The molecule has 1 aromatic rings. The van der Waals surface area contributed by atoms with E-state index in [0.29, 0.717) is 18.5 Å². The molecule has 0 aromatic heterocycles. The highest BCUT2D eigenvalue weighted by Gasteiger charge is 2.22. The van der Waals surface area contributed by atoms with E-state index in [0.717, 1.165) is 0 Å². The van der Waals surface area contributed by atoms with Gasteiger partial charge in [0.1, 0.15) is 0 Å². The Morgan fingerprint density at radius 3 is 2.26 bits per heavy atom. The Bertz CT molecular complexity index is 549. The molecule has 0 saturated carbocycles. The van der Waals surface area contributed by atoms with E-state index in [9.17, 15) is 19.5 Å². The molecule has 6 heteroatoms. The maximum Gasteiger partial charge on any atom is 0.330 e. The minimum atomic E-state index is -1.11. The molecule has 126 valence electrons. The van der Waals surface area contributed by atoms with Crippen LogP contribution in [0.4, 0.5) is 0 Å². The predicted molar refractivity (Wildman–Crippen MR) is 86.7 cm³/mol. The topological polar surface area (TPSA) is 95.5 Å². The van der Waals surface area contributed by atoms with Crippen molar-refractivity contribution >= 4 is 17.8 Å². The van der Waals surface area contributed by atoms with E-state index in [1.807, 2.05) is 20.8 Å². The first kappa shape index (κ1) is 18.7. The Morgan fingerprint density at radius 1 is 1.13 bits per heavy atom. The molecule has 6 nitrogen and oxygen atoms in total. The zero-order valence-corrected chi connectivity index (χ0v) is 13.8. The zero-order chi connectivity index (χ0) is 17.5. The first-order valence-corrected chi connectivity index (χ1v) is 7.57. The van der Waals surface area contributed by atoms with Crippen molar-refractivity contribution in [1.82, 2.24) is 10.6 Å². The van der Waals surface area contributed by atoms with Gasteiger partial charge in [-0.05, 0) is 12.0 Å². The molecule has 0 aliphatic carbocycles. The van der Waals surface area contributed by atoms with Crippen molar-refractivity contribution in [3.8, 4) is 0 Å². The molecule has 0 saturated heterocycles. The third-order valence-electron chi connectivity index (χ3n) is 3.23. The summed E-state index contributed by atoms with van der Waals surface area (Å²) in [6.07, 6.45) is 0.607. The molecule has 0 aliphatic heterocycles. The first-order valence-electron chi connectivity index (χ1n) is 7.57. The SMILES string of the molecule is CC(C)(C)C(=O)NCCCC(=O)N[C@@H](C(=O)O)c1ccccc1. The molecule has 0 heterocycles. The summed E-state index contributed by atoms with van der Waals surface area (Å²) in [4.78, 5) is 34.9. The number of hydrogen-bond acceptors (Lipinski definition) is 3. The second-order valence-electron chi connectivity index (χ2n) is 6.36. The van der Waals surface area contributed by atoms with E-state index < -0.39 is 17.4 Å². The second-order valence-corrected chi connectivity index (χ2v) is 6.36. The van der Waals surface area contributed by atoms with Gasteiger partial charge in [0.2, 0.25) is 11.8 Å². The monoisotopic (exact) mass is 320 g/mol. The molecule has 1 atom stereocenters. The van der Waals surface area contributed by atoms with Crippen LogP contribution < -0.4 is 10.6 Å². The summed E-state index contributed by atoms with van der Waals surface area (Å²) in [5.41, 5.74) is 0.0543. The van der Waals surface area contributed by atoms with Crippen molar-refractivity contribution in [2.75, 3.05) is 6.54 Å². The van der Waals surface area contributed by atoms with Crippen molar-refractivity contribution in [2.24, 2.45) is 5.41 Å². The van der Waals surface area contributed by atoms with Gasteiger partial charge in [0.25, 0.3) is 0 Å². The number of hydrogen-bond donors (Lipinski definition) is 3. The number of carboxylic acid groups (broad SMARTS) is 1. The molecular formula is C17H24N2O4. The molecule has 23 heavy (non-hydrogen) atoms. The number of amides is 2. The summed E-state index contributed by atoms with van der Waals surface area (Å²) in [5, 5.41) is 14.5. The normalized spacial score (nSPS) is 12.3. The fraction of sp³-hybridized carbons (Fsp3) is 0.471. The molecule has 0 unspecified atom stereocenters. The Hall–Kier alpha value is -2.37. The fourth-order valence-electron chi connectivity index (χ4n) is 1.88. The maximum absolute atomic E-state index is 11.9. The van der Waals surface area contributed by atoms with Crippen LogP contribution in [0, 0.1) is 5.41 Å². The van der Waals surface area contributed by atoms with E-state index in [1.54, 1.807) is 30.3 Å². The zero-order valence-electron chi connectivity index (χ0n) is 13.8. The summed E-state index contributed by atoms with van der Waals surface area (Å²) in [6, 6.07) is 7.47. The average Bonchev–Trinajstić information content (AvgIpc) is 2.48. The van der Waals surface area contributed by atoms with Gasteiger partial charge in [-0.1, -0.05) is 51.1 Å². The van der Waals surface area contributed by atoms with Gasteiger partial charge in [0.15, 0.2) is 6.04 Å². The van der Waals surface area contributed by atoms with Gasteiger partial charge in [-0.2, -0.15) is 0 Å². The minimum Gasteiger partial charge on any atom is -0.479 e. The average molecular weight is 320 g/mol. The lowest BCUT2D eigenvalue weighted by Crippen LogP contribution is -2.36. The predicted octanol–water partition coefficient (Wildman–Crippen LogP) is 1.87. The van der Waals surface area contributed by atoms with Crippen LogP contribution in [0.3, 0.4) is 0 Å². The molecule has 0 radical (unpaired) electrons. The van der Waals surface area contributed by atoms with Crippen molar-refractivity contribution in [2.45, 2.75) is 39.7 Å². The highest BCUT2D eigenvalue weighted by atomic mass is 16.4. The summed E-state index contributed by atoms with van der Waals surface area (Å²) in [5.74, 6) is -1.54. The van der Waals surface area contributed by atoms with Gasteiger partial charge >= 0.3 is 5.97 Å². The largest absolute Gasteiger partial charge is 0.479 e. The third kappa shape index (κ3) is 6.50. The molecule has 0 bridgehead atoms. The minimum absolute atomic E-state index is 0.0781. The number of carboxylic acids is 1. The van der Waals surface area contributed by atoms with Crippen LogP contribution in [0.2, 0.25) is 0 Å². The molecule has 0 spiro atoms. The molecular weight excluding hydrogens is 296 g/mol. The Labute approximate surface area is 136 Å². The van der Waals surface area contributed by atoms with Gasteiger partial charge in [-0.25, -0.2) is 4.79 Å². The highest BCUT2D eigenvalue weighted by molar-refractivity contribution is 5.84. The molecule has 0 aliphatic rings. The quantitative estimate of drug-likeness (QED) is 0.668. The Balaban J connectivity index is 2.43. The highest BCUT2D eigenvalue weighted by Crippen LogP contribution is 2.13. The Kier molecular flexibility index (Phi) is 6.75. The molecule has 3 N–H and O–H groups in total. The summed E-state index contributed by atoms with van der Waals surface area (Å²) in [6.45, 7) is 5.82. The molecule has 1 aromatic carbocycles. The van der Waals surface area contributed by atoms with Crippen LogP contribution in [-0.2, 0) is 14.4 Å². The lowest BCUT2D eigenvalue weighted by Gasteiger charge is -2.18. The number of carbonyl (C=O) groups is 3. The number of benzene rings is 1. The van der Waals surface area contributed by atoms with Crippen LogP contribution in [-0.4, -0.2) is 29.4 Å². The van der Waals surface area contributed by atoms with E-state index in [-0.39, 0.29) is 18.2 Å². The Morgan fingerprint density at radius 2 is 1.74 bits per heavy atom.